The second-order valence-electron chi connectivity index (χ2n) is 7.29. The van der Waals surface area contributed by atoms with Gasteiger partial charge in [0.2, 0.25) is 0 Å². The molecule has 1 unspecified atom stereocenters. The smallest absolute Gasteiger partial charge is 0.0219 e. The number of piperazine rings is 1. The van der Waals surface area contributed by atoms with E-state index in [9.17, 15) is 0 Å². The molecule has 0 aromatic rings. The summed E-state index contributed by atoms with van der Waals surface area (Å²) in [4.78, 5) is 5.22. The van der Waals surface area contributed by atoms with E-state index in [2.05, 4.69) is 37.5 Å². The van der Waals surface area contributed by atoms with Gasteiger partial charge in [0, 0.05) is 44.3 Å². The Bertz CT molecular complexity index is 239. The van der Waals surface area contributed by atoms with Crippen LogP contribution in [0.2, 0.25) is 0 Å². The Labute approximate surface area is 126 Å². The zero-order valence-electron chi connectivity index (χ0n) is 14.3. The van der Waals surface area contributed by atoms with Gasteiger partial charge in [-0.2, -0.15) is 0 Å². The molecule has 0 spiro atoms. The van der Waals surface area contributed by atoms with Gasteiger partial charge in [-0.15, -0.1) is 0 Å². The molecule has 0 aromatic carbocycles. The molecule has 1 atom stereocenters. The number of rotatable bonds is 8. The molecule has 1 fully saturated rings. The van der Waals surface area contributed by atoms with Crippen LogP contribution in [0.4, 0.5) is 0 Å². The van der Waals surface area contributed by atoms with E-state index >= 15 is 0 Å². The van der Waals surface area contributed by atoms with Crippen molar-refractivity contribution < 1.29 is 0 Å². The van der Waals surface area contributed by atoms with Crippen molar-refractivity contribution in [2.45, 2.75) is 77.8 Å². The minimum absolute atomic E-state index is 0.310. The minimum atomic E-state index is 0.310. The maximum Gasteiger partial charge on any atom is 0.0219 e. The predicted octanol–water partition coefficient (Wildman–Crippen LogP) is 3.09. The highest BCUT2D eigenvalue weighted by atomic mass is 15.3. The van der Waals surface area contributed by atoms with E-state index in [1.165, 1.54) is 64.7 Å². The van der Waals surface area contributed by atoms with Crippen molar-refractivity contribution in [3.63, 3.8) is 0 Å². The lowest BCUT2D eigenvalue weighted by Crippen LogP contribution is -2.56. The van der Waals surface area contributed by atoms with Crippen LogP contribution in [0.15, 0.2) is 0 Å². The lowest BCUT2D eigenvalue weighted by molar-refractivity contribution is 0.0413. The summed E-state index contributed by atoms with van der Waals surface area (Å²) < 4.78 is 0. The average molecular weight is 284 g/mol. The van der Waals surface area contributed by atoms with Gasteiger partial charge >= 0.3 is 0 Å². The summed E-state index contributed by atoms with van der Waals surface area (Å²) in [6, 6.07) is 0.610. The fourth-order valence-electron chi connectivity index (χ4n) is 3.19. The largest absolute Gasteiger partial charge is 0.329 e. The third kappa shape index (κ3) is 6.11. The molecule has 0 saturated carbocycles. The first-order valence-electron chi connectivity index (χ1n) is 8.68. The molecule has 0 amide bonds. The van der Waals surface area contributed by atoms with Crippen LogP contribution in [0.3, 0.4) is 0 Å². The van der Waals surface area contributed by atoms with Crippen molar-refractivity contribution in [2.75, 3.05) is 32.7 Å². The Kier molecular flexibility index (Phi) is 8.08. The van der Waals surface area contributed by atoms with Gasteiger partial charge in [-0.05, 0) is 27.2 Å². The molecular weight excluding hydrogens is 246 g/mol. The first kappa shape index (κ1) is 17.9. The van der Waals surface area contributed by atoms with Crippen molar-refractivity contribution in [3.8, 4) is 0 Å². The number of hydrogen-bond acceptors (Lipinski definition) is 3. The lowest BCUT2D eigenvalue weighted by atomic mass is 10.0. The van der Waals surface area contributed by atoms with E-state index in [1.54, 1.807) is 0 Å². The van der Waals surface area contributed by atoms with Gasteiger partial charge in [-0.1, -0.05) is 39.0 Å². The highest BCUT2D eigenvalue weighted by molar-refractivity contribution is 4.85. The topological polar surface area (TPSA) is 32.5 Å². The number of nitrogens with zero attached hydrogens (tertiary/aromatic N) is 2. The van der Waals surface area contributed by atoms with Crippen LogP contribution in [0, 0.1) is 0 Å². The van der Waals surface area contributed by atoms with E-state index in [0.29, 0.717) is 11.6 Å². The maximum absolute atomic E-state index is 6.01. The maximum atomic E-state index is 6.01. The number of nitrogens with two attached hydrogens (primary N) is 1. The minimum Gasteiger partial charge on any atom is -0.329 e. The molecule has 1 rings (SSSR count). The molecular formula is C17H37N3. The Morgan fingerprint density at radius 1 is 0.950 bits per heavy atom. The van der Waals surface area contributed by atoms with Gasteiger partial charge in [0.15, 0.2) is 0 Å². The molecule has 1 heterocycles. The summed E-state index contributed by atoms with van der Waals surface area (Å²) in [7, 11) is 0. The molecule has 0 radical (unpaired) electrons. The number of unbranched alkanes of at least 4 members (excludes halogenated alkanes) is 4. The number of hydrogen-bond donors (Lipinski definition) is 1. The van der Waals surface area contributed by atoms with Crippen LogP contribution < -0.4 is 5.73 Å². The Balaban J connectivity index is 2.26. The van der Waals surface area contributed by atoms with Gasteiger partial charge in [0.05, 0.1) is 0 Å². The quantitative estimate of drug-likeness (QED) is 0.695. The van der Waals surface area contributed by atoms with Crippen molar-refractivity contribution >= 4 is 0 Å². The van der Waals surface area contributed by atoms with Gasteiger partial charge in [-0.25, -0.2) is 0 Å². The molecule has 1 saturated heterocycles. The molecule has 2 N–H and O–H groups in total. The first-order chi connectivity index (χ1) is 9.49. The van der Waals surface area contributed by atoms with Gasteiger partial charge in [-0.3, -0.25) is 9.80 Å². The molecule has 0 aromatic heterocycles. The lowest BCUT2D eigenvalue weighted by Gasteiger charge is -2.44. The molecule has 120 valence electrons. The van der Waals surface area contributed by atoms with E-state index in [0.717, 1.165) is 6.54 Å². The van der Waals surface area contributed by atoms with Crippen molar-refractivity contribution in [3.05, 3.63) is 0 Å². The fourth-order valence-corrected chi connectivity index (χ4v) is 3.19. The second kappa shape index (κ2) is 9.01. The Hall–Kier alpha value is -0.120. The third-order valence-electron chi connectivity index (χ3n) is 4.69. The average Bonchev–Trinajstić information content (AvgIpc) is 2.42. The van der Waals surface area contributed by atoms with Crippen LogP contribution in [-0.4, -0.2) is 54.1 Å². The predicted molar refractivity (Wildman–Crippen MR) is 89.1 cm³/mol. The molecule has 0 bridgehead atoms. The second-order valence-corrected chi connectivity index (χ2v) is 7.29. The summed E-state index contributed by atoms with van der Waals surface area (Å²) in [5.74, 6) is 0. The molecule has 0 aliphatic carbocycles. The Morgan fingerprint density at radius 3 is 2.05 bits per heavy atom. The van der Waals surface area contributed by atoms with Crippen LogP contribution in [0.25, 0.3) is 0 Å². The zero-order valence-corrected chi connectivity index (χ0v) is 14.3. The molecule has 20 heavy (non-hydrogen) atoms. The van der Waals surface area contributed by atoms with Crippen LogP contribution >= 0.6 is 0 Å². The third-order valence-corrected chi connectivity index (χ3v) is 4.69. The standard InChI is InChI=1S/C17H37N3/c1-5-6-7-8-9-10-16(15-18)19-11-13-20(14-12-19)17(2,3)4/h16H,5-15,18H2,1-4H3. The highest BCUT2D eigenvalue weighted by Gasteiger charge is 2.28. The molecule has 3 heteroatoms. The Morgan fingerprint density at radius 2 is 1.55 bits per heavy atom. The van der Waals surface area contributed by atoms with E-state index < -0.39 is 0 Å². The van der Waals surface area contributed by atoms with E-state index in [1.807, 2.05) is 0 Å². The van der Waals surface area contributed by atoms with Crippen molar-refractivity contribution in [1.82, 2.24) is 9.80 Å². The normalized spacial score (nSPS) is 20.2. The van der Waals surface area contributed by atoms with E-state index in [4.69, 9.17) is 5.73 Å². The van der Waals surface area contributed by atoms with E-state index in [-0.39, 0.29) is 0 Å². The summed E-state index contributed by atoms with van der Waals surface area (Å²) in [6.45, 7) is 14.8. The molecule has 1 aliphatic rings. The fraction of sp³-hybridized carbons (Fsp3) is 1.00. The van der Waals surface area contributed by atoms with Crippen LogP contribution in [0.5, 0.6) is 0 Å². The molecule has 3 nitrogen and oxygen atoms in total. The van der Waals surface area contributed by atoms with Crippen molar-refractivity contribution in [2.24, 2.45) is 5.73 Å². The molecule has 1 aliphatic heterocycles. The summed E-state index contributed by atoms with van der Waals surface area (Å²) in [5.41, 5.74) is 6.32. The van der Waals surface area contributed by atoms with Gasteiger partial charge in [0.1, 0.15) is 0 Å². The van der Waals surface area contributed by atoms with Crippen molar-refractivity contribution in [1.29, 1.82) is 0 Å². The van der Waals surface area contributed by atoms with Crippen LogP contribution in [-0.2, 0) is 0 Å². The van der Waals surface area contributed by atoms with Gasteiger partial charge in [0.25, 0.3) is 0 Å². The first-order valence-corrected chi connectivity index (χ1v) is 8.68. The van der Waals surface area contributed by atoms with Crippen LogP contribution in [0.1, 0.15) is 66.2 Å². The SMILES string of the molecule is CCCCCCCC(CN)N1CCN(C(C)(C)C)CC1. The highest BCUT2D eigenvalue weighted by Crippen LogP contribution is 2.18. The summed E-state index contributed by atoms with van der Waals surface area (Å²) in [5, 5.41) is 0. The zero-order chi connectivity index (χ0) is 15.0. The van der Waals surface area contributed by atoms with Gasteiger partial charge < -0.3 is 5.73 Å². The summed E-state index contributed by atoms with van der Waals surface area (Å²) >= 11 is 0. The monoisotopic (exact) mass is 283 g/mol. The summed E-state index contributed by atoms with van der Waals surface area (Å²) in [6.07, 6.45) is 8.13.